The molecular weight excluding hydrogens is 347 g/mol. The predicted molar refractivity (Wildman–Crippen MR) is 102 cm³/mol. The maximum atomic E-state index is 10.6. The fourth-order valence-electron chi connectivity index (χ4n) is 3.33. The van der Waals surface area contributed by atoms with E-state index in [1.54, 1.807) is 4.90 Å². The van der Waals surface area contributed by atoms with Crippen LogP contribution < -0.4 is 5.32 Å². The zero-order valence-corrected chi connectivity index (χ0v) is 16.5. The summed E-state index contributed by atoms with van der Waals surface area (Å²) in [4.78, 5) is 1.72. The molecule has 3 aliphatic rings. The average molecular weight is 374 g/mol. The molecule has 0 aliphatic carbocycles. The first-order valence-corrected chi connectivity index (χ1v) is 9.27. The molecule has 0 saturated carbocycles. The SMILES string of the molecule is CN1C=C(B2OC(C)(C)C(C)(C)O2)C=C(Nc2cc3n(n2)CCOC3)C1O. The maximum absolute atomic E-state index is 10.6. The van der Waals surface area contributed by atoms with E-state index in [2.05, 4.69) is 10.4 Å². The van der Waals surface area contributed by atoms with Crippen LogP contribution >= 0.6 is 0 Å². The highest BCUT2D eigenvalue weighted by atomic mass is 16.7. The number of likely N-dealkylation sites (N-methyl/N-ethyl adjacent to an activating group) is 1. The highest BCUT2D eigenvalue weighted by Gasteiger charge is 2.52. The van der Waals surface area contributed by atoms with Gasteiger partial charge < -0.3 is 29.4 Å². The Morgan fingerprint density at radius 1 is 1.26 bits per heavy atom. The molecule has 1 fully saturated rings. The zero-order valence-electron chi connectivity index (χ0n) is 16.5. The van der Waals surface area contributed by atoms with Gasteiger partial charge in [-0.05, 0) is 33.8 Å². The van der Waals surface area contributed by atoms with E-state index in [1.807, 2.05) is 57.8 Å². The predicted octanol–water partition coefficient (Wildman–Crippen LogP) is 1.49. The van der Waals surface area contributed by atoms with E-state index in [4.69, 9.17) is 14.0 Å². The van der Waals surface area contributed by atoms with Crippen LogP contribution in [0.5, 0.6) is 0 Å². The third kappa shape index (κ3) is 3.29. The first-order valence-electron chi connectivity index (χ1n) is 9.27. The standard InChI is InChI=1S/C18H27BN4O4/c1-17(2)18(3,4)27-19(26-17)12-8-14(16(24)22(5)10-12)20-15-9-13-11-25-7-6-23(13)21-15/h8-10,16,24H,6-7,11H2,1-5H3,(H,20,21). The summed E-state index contributed by atoms with van der Waals surface area (Å²) >= 11 is 0. The zero-order chi connectivity index (χ0) is 19.4. The molecule has 1 aromatic rings. The number of hydrogen-bond donors (Lipinski definition) is 2. The molecule has 0 aromatic carbocycles. The second kappa shape index (κ2) is 6.37. The average Bonchev–Trinajstić information content (AvgIpc) is 3.08. The van der Waals surface area contributed by atoms with Crippen LogP contribution in [0.3, 0.4) is 0 Å². The Labute approximate surface area is 159 Å². The molecular formula is C18H27BN4O4. The smallest absolute Gasteiger partial charge is 0.399 e. The molecule has 1 aromatic heterocycles. The number of nitrogens with one attached hydrogen (secondary N) is 1. The molecule has 146 valence electrons. The first-order chi connectivity index (χ1) is 12.7. The van der Waals surface area contributed by atoms with Gasteiger partial charge in [-0.1, -0.05) is 0 Å². The summed E-state index contributed by atoms with van der Waals surface area (Å²) in [5.41, 5.74) is 1.65. The Morgan fingerprint density at radius 3 is 2.63 bits per heavy atom. The topological polar surface area (TPSA) is 81.0 Å². The number of aliphatic hydroxyl groups excluding tert-OH is 1. The van der Waals surface area contributed by atoms with Crippen molar-refractivity contribution in [2.45, 2.75) is 58.3 Å². The Hall–Kier alpha value is -1.81. The van der Waals surface area contributed by atoms with Crippen LogP contribution in [-0.4, -0.2) is 58.0 Å². The molecule has 4 rings (SSSR count). The highest BCUT2D eigenvalue weighted by molar-refractivity contribution is 6.55. The Kier molecular flexibility index (Phi) is 4.38. The lowest BCUT2D eigenvalue weighted by atomic mass is 9.77. The van der Waals surface area contributed by atoms with Crippen molar-refractivity contribution in [3.05, 3.63) is 35.2 Å². The minimum absolute atomic E-state index is 0.419. The van der Waals surface area contributed by atoms with Gasteiger partial charge >= 0.3 is 7.12 Å². The lowest BCUT2D eigenvalue weighted by Gasteiger charge is -2.32. The van der Waals surface area contributed by atoms with Crippen molar-refractivity contribution in [2.75, 3.05) is 19.0 Å². The maximum Gasteiger partial charge on any atom is 0.496 e. The van der Waals surface area contributed by atoms with Crippen LogP contribution in [0.4, 0.5) is 5.82 Å². The van der Waals surface area contributed by atoms with Gasteiger partial charge in [0, 0.05) is 24.8 Å². The fourth-order valence-corrected chi connectivity index (χ4v) is 3.33. The summed E-state index contributed by atoms with van der Waals surface area (Å²) in [6.45, 7) is 10.0. The monoisotopic (exact) mass is 374 g/mol. The van der Waals surface area contributed by atoms with Crippen molar-refractivity contribution in [3.63, 3.8) is 0 Å². The van der Waals surface area contributed by atoms with E-state index in [0.29, 0.717) is 24.7 Å². The van der Waals surface area contributed by atoms with Crippen LogP contribution in [0.1, 0.15) is 33.4 Å². The minimum Gasteiger partial charge on any atom is -0.399 e. The number of aliphatic hydroxyl groups is 1. The van der Waals surface area contributed by atoms with Crippen molar-refractivity contribution >= 4 is 12.9 Å². The van der Waals surface area contributed by atoms with Gasteiger partial charge in [0.15, 0.2) is 12.0 Å². The summed E-state index contributed by atoms with van der Waals surface area (Å²) in [7, 11) is 1.32. The molecule has 1 saturated heterocycles. The molecule has 0 bridgehead atoms. The molecule has 0 spiro atoms. The number of hydrogen-bond acceptors (Lipinski definition) is 7. The van der Waals surface area contributed by atoms with Crippen molar-refractivity contribution in [3.8, 4) is 0 Å². The normalized spacial score (nSPS) is 26.5. The molecule has 4 heterocycles. The molecule has 1 atom stereocenters. The minimum atomic E-state index is -0.800. The molecule has 27 heavy (non-hydrogen) atoms. The largest absolute Gasteiger partial charge is 0.496 e. The van der Waals surface area contributed by atoms with Crippen molar-refractivity contribution in [2.24, 2.45) is 0 Å². The number of ether oxygens (including phenoxy) is 1. The van der Waals surface area contributed by atoms with E-state index in [9.17, 15) is 5.11 Å². The van der Waals surface area contributed by atoms with E-state index in [-0.39, 0.29) is 0 Å². The quantitative estimate of drug-likeness (QED) is 0.776. The van der Waals surface area contributed by atoms with Crippen LogP contribution in [-0.2, 0) is 27.2 Å². The number of rotatable bonds is 3. The van der Waals surface area contributed by atoms with E-state index in [0.717, 1.165) is 17.7 Å². The summed E-state index contributed by atoms with van der Waals surface area (Å²) in [5, 5.41) is 18.4. The number of aromatic nitrogens is 2. The number of anilines is 1. The van der Waals surface area contributed by atoms with Crippen LogP contribution in [0.15, 0.2) is 29.5 Å². The third-order valence-corrected chi connectivity index (χ3v) is 5.70. The first kappa shape index (κ1) is 18.6. The van der Waals surface area contributed by atoms with Crippen LogP contribution in [0.25, 0.3) is 0 Å². The van der Waals surface area contributed by atoms with E-state index < -0.39 is 24.5 Å². The van der Waals surface area contributed by atoms with Gasteiger partial charge in [-0.15, -0.1) is 0 Å². The van der Waals surface area contributed by atoms with Gasteiger partial charge in [0.1, 0.15) is 0 Å². The lowest BCUT2D eigenvalue weighted by Crippen LogP contribution is -2.41. The molecule has 0 radical (unpaired) electrons. The third-order valence-electron chi connectivity index (χ3n) is 5.70. The molecule has 0 amide bonds. The van der Waals surface area contributed by atoms with Crippen LogP contribution in [0.2, 0.25) is 0 Å². The van der Waals surface area contributed by atoms with Gasteiger partial charge in [0.05, 0.1) is 42.4 Å². The Bertz CT molecular complexity index is 762. The summed E-state index contributed by atoms with van der Waals surface area (Å²) in [6.07, 6.45) is 2.93. The van der Waals surface area contributed by atoms with Crippen molar-refractivity contribution < 1.29 is 19.2 Å². The summed E-state index contributed by atoms with van der Waals surface area (Å²) in [5.74, 6) is 0.685. The van der Waals surface area contributed by atoms with Crippen molar-refractivity contribution in [1.82, 2.24) is 14.7 Å². The van der Waals surface area contributed by atoms with Gasteiger partial charge in [0.25, 0.3) is 0 Å². The Balaban J connectivity index is 1.57. The van der Waals surface area contributed by atoms with E-state index >= 15 is 0 Å². The second-order valence-corrected chi connectivity index (χ2v) is 8.28. The fraction of sp³-hybridized carbons (Fsp3) is 0.611. The van der Waals surface area contributed by atoms with Crippen molar-refractivity contribution in [1.29, 1.82) is 0 Å². The molecule has 1 unspecified atom stereocenters. The summed E-state index contributed by atoms with van der Waals surface area (Å²) in [6, 6.07) is 1.94. The van der Waals surface area contributed by atoms with Gasteiger partial charge in [0.2, 0.25) is 0 Å². The number of allylic oxidation sites excluding steroid dienone is 2. The van der Waals surface area contributed by atoms with Gasteiger partial charge in [-0.25, -0.2) is 0 Å². The number of fused-ring (bicyclic) bond motifs is 1. The van der Waals surface area contributed by atoms with Crippen LogP contribution in [0, 0.1) is 0 Å². The molecule has 9 heteroatoms. The summed E-state index contributed by atoms with van der Waals surface area (Å²) < 4.78 is 19.7. The lowest BCUT2D eigenvalue weighted by molar-refractivity contribution is 0.00578. The number of nitrogens with zero attached hydrogens (tertiary/aromatic N) is 3. The molecule has 2 N–H and O–H groups in total. The van der Waals surface area contributed by atoms with Gasteiger partial charge in [-0.2, -0.15) is 5.10 Å². The van der Waals surface area contributed by atoms with E-state index in [1.165, 1.54) is 0 Å². The highest BCUT2D eigenvalue weighted by Crippen LogP contribution is 2.39. The Morgan fingerprint density at radius 2 is 1.96 bits per heavy atom. The molecule has 8 nitrogen and oxygen atoms in total. The second-order valence-electron chi connectivity index (χ2n) is 8.28. The molecule has 3 aliphatic heterocycles. The van der Waals surface area contributed by atoms with Gasteiger partial charge in [-0.3, -0.25) is 4.68 Å².